The van der Waals surface area contributed by atoms with Gasteiger partial charge in [0.1, 0.15) is 0 Å². The smallest absolute Gasteiger partial charge is 0.227 e. The Labute approximate surface area is 115 Å². The summed E-state index contributed by atoms with van der Waals surface area (Å²) in [6, 6.07) is 13.9. The molecule has 3 aromatic rings. The highest BCUT2D eigenvalue weighted by molar-refractivity contribution is 5.89. The Morgan fingerprint density at radius 2 is 1.70 bits per heavy atom. The van der Waals surface area contributed by atoms with Gasteiger partial charge in [-0.1, -0.05) is 30.3 Å². The Kier molecular flexibility index (Phi) is 3.31. The topological polar surface area (TPSA) is 48.1 Å². The van der Waals surface area contributed by atoms with E-state index < -0.39 is 5.82 Å². The fraction of sp³-hybridized carbons (Fsp3) is 0.0625. The van der Waals surface area contributed by atoms with Crippen molar-refractivity contribution in [2.45, 2.75) is 6.54 Å². The Hall–Kier alpha value is -2.46. The molecule has 20 heavy (non-hydrogen) atoms. The number of rotatable bonds is 3. The first-order valence-corrected chi connectivity index (χ1v) is 6.28. The highest BCUT2D eigenvalue weighted by Gasteiger charge is 2.10. The predicted octanol–water partition coefficient (Wildman–Crippen LogP) is 3.62. The van der Waals surface area contributed by atoms with Gasteiger partial charge in [0.25, 0.3) is 0 Å². The van der Waals surface area contributed by atoms with Gasteiger partial charge in [-0.3, -0.25) is 0 Å². The first-order valence-electron chi connectivity index (χ1n) is 6.28. The van der Waals surface area contributed by atoms with E-state index in [0.717, 1.165) is 16.3 Å². The molecule has 100 valence electrons. The van der Waals surface area contributed by atoms with Crippen molar-refractivity contribution >= 4 is 10.8 Å². The van der Waals surface area contributed by atoms with Gasteiger partial charge in [0.05, 0.1) is 0 Å². The van der Waals surface area contributed by atoms with E-state index in [1.807, 2.05) is 24.3 Å². The van der Waals surface area contributed by atoms with Gasteiger partial charge in [0.15, 0.2) is 11.6 Å². The number of pyridine rings is 1. The molecule has 0 bridgehead atoms. The number of nitrogens with zero attached hydrogens (tertiary/aromatic N) is 1. The minimum absolute atomic E-state index is 0.158. The lowest BCUT2D eigenvalue weighted by molar-refractivity contribution is 0.432. The van der Waals surface area contributed by atoms with E-state index in [1.165, 1.54) is 6.07 Å². The number of hydrogen-bond acceptors (Lipinski definition) is 3. The van der Waals surface area contributed by atoms with Crippen LogP contribution in [0, 0.1) is 5.82 Å². The molecule has 0 saturated heterocycles. The van der Waals surface area contributed by atoms with Crippen LogP contribution in [0.4, 0.5) is 4.39 Å². The molecule has 0 unspecified atom stereocenters. The quantitative estimate of drug-likeness (QED) is 0.789. The fourth-order valence-corrected chi connectivity index (χ4v) is 2.10. The summed E-state index contributed by atoms with van der Waals surface area (Å²) < 4.78 is 19.2. The average molecular weight is 268 g/mol. The van der Waals surface area contributed by atoms with Gasteiger partial charge < -0.3 is 10.5 Å². The maximum atomic E-state index is 13.6. The number of nitrogens with two attached hydrogens (primary N) is 1. The summed E-state index contributed by atoms with van der Waals surface area (Å²) in [5.41, 5.74) is 6.63. The predicted molar refractivity (Wildman–Crippen MR) is 76.1 cm³/mol. The third-order valence-corrected chi connectivity index (χ3v) is 3.10. The van der Waals surface area contributed by atoms with Crippen molar-refractivity contribution in [2.75, 3.05) is 0 Å². The molecule has 2 aromatic carbocycles. The van der Waals surface area contributed by atoms with Crippen LogP contribution in [-0.4, -0.2) is 4.98 Å². The number of para-hydroxylation sites is 1. The van der Waals surface area contributed by atoms with E-state index in [1.54, 1.807) is 24.4 Å². The fourth-order valence-electron chi connectivity index (χ4n) is 2.10. The SMILES string of the molecule is NCc1cnc(Oc2ccccc2F)c2ccccc12. The monoisotopic (exact) mass is 268 g/mol. The minimum Gasteiger partial charge on any atom is -0.435 e. The van der Waals surface area contributed by atoms with Crippen molar-refractivity contribution in [1.29, 1.82) is 0 Å². The second kappa shape index (κ2) is 5.27. The summed E-state index contributed by atoms with van der Waals surface area (Å²) in [4.78, 5) is 4.25. The minimum atomic E-state index is -0.415. The van der Waals surface area contributed by atoms with E-state index >= 15 is 0 Å². The molecule has 0 spiro atoms. The Morgan fingerprint density at radius 1 is 1.00 bits per heavy atom. The van der Waals surface area contributed by atoms with Crippen molar-refractivity contribution in [2.24, 2.45) is 5.73 Å². The van der Waals surface area contributed by atoms with Crippen LogP contribution in [0.2, 0.25) is 0 Å². The summed E-state index contributed by atoms with van der Waals surface area (Å²) in [6.07, 6.45) is 1.67. The van der Waals surface area contributed by atoms with E-state index in [4.69, 9.17) is 10.5 Å². The summed E-state index contributed by atoms with van der Waals surface area (Å²) in [6.45, 7) is 0.396. The molecule has 0 aliphatic carbocycles. The van der Waals surface area contributed by atoms with Gasteiger partial charge in [0, 0.05) is 18.1 Å². The van der Waals surface area contributed by atoms with Crippen molar-refractivity contribution in [1.82, 2.24) is 4.98 Å². The number of aromatic nitrogens is 1. The van der Waals surface area contributed by atoms with Gasteiger partial charge in [-0.15, -0.1) is 0 Å². The van der Waals surface area contributed by atoms with Crippen LogP contribution in [0.1, 0.15) is 5.56 Å². The van der Waals surface area contributed by atoms with Gasteiger partial charge in [-0.2, -0.15) is 0 Å². The third kappa shape index (κ3) is 2.21. The number of halogens is 1. The van der Waals surface area contributed by atoms with E-state index in [2.05, 4.69) is 4.98 Å². The van der Waals surface area contributed by atoms with Crippen LogP contribution >= 0.6 is 0 Å². The highest BCUT2D eigenvalue weighted by Crippen LogP contribution is 2.30. The zero-order chi connectivity index (χ0) is 13.9. The van der Waals surface area contributed by atoms with Crippen LogP contribution in [0.25, 0.3) is 10.8 Å². The third-order valence-electron chi connectivity index (χ3n) is 3.10. The molecule has 4 heteroatoms. The highest BCUT2D eigenvalue weighted by atomic mass is 19.1. The number of benzene rings is 2. The summed E-state index contributed by atoms with van der Waals surface area (Å²) in [5, 5.41) is 1.79. The zero-order valence-electron chi connectivity index (χ0n) is 10.7. The number of ether oxygens (including phenoxy) is 1. The molecule has 0 radical (unpaired) electrons. The maximum Gasteiger partial charge on any atom is 0.227 e. The lowest BCUT2D eigenvalue weighted by Crippen LogP contribution is -2.00. The first kappa shape index (κ1) is 12.6. The van der Waals surface area contributed by atoms with Crippen LogP contribution < -0.4 is 10.5 Å². The summed E-state index contributed by atoms with van der Waals surface area (Å²) in [7, 11) is 0. The molecule has 1 aromatic heterocycles. The van der Waals surface area contributed by atoms with Gasteiger partial charge in [0.2, 0.25) is 5.88 Å². The Bertz CT molecular complexity index is 758. The number of hydrogen-bond donors (Lipinski definition) is 1. The maximum absolute atomic E-state index is 13.6. The molecule has 3 rings (SSSR count). The standard InChI is InChI=1S/C16H13FN2O/c17-14-7-3-4-8-15(14)20-16-13-6-2-1-5-12(13)11(9-18)10-19-16/h1-8,10H,9,18H2. The molecule has 0 saturated carbocycles. The molecular weight excluding hydrogens is 255 g/mol. The zero-order valence-corrected chi connectivity index (χ0v) is 10.7. The van der Waals surface area contributed by atoms with E-state index in [9.17, 15) is 4.39 Å². The summed E-state index contributed by atoms with van der Waals surface area (Å²) >= 11 is 0. The molecule has 2 N–H and O–H groups in total. The van der Waals surface area contributed by atoms with E-state index in [0.29, 0.717) is 12.4 Å². The molecule has 1 heterocycles. The largest absolute Gasteiger partial charge is 0.435 e. The van der Waals surface area contributed by atoms with Crippen molar-refractivity contribution in [3.63, 3.8) is 0 Å². The first-order chi connectivity index (χ1) is 9.79. The summed E-state index contributed by atoms with van der Waals surface area (Å²) in [5.74, 6) is 0.120. The normalized spacial score (nSPS) is 10.7. The molecule has 0 aliphatic heterocycles. The van der Waals surface area contributed by atoms with Crippen LogP contribution in [-0.2, 0) is 6.54 Å². The van der Waals surface area contributed by atoms with Crippen molar-refractivity contribution < 1.29 is 9.13 Å². The van der Waals surface area contributed by atoms with Crippen molar-refractivity contribution in [3.8, 4) is 11.6 Å². The molecule has 0 aliphatic rings. The Morgan fingerprint density at radius 3 is 2.45 bits per heavy atom. The average Bonchev–Trinajstić information content (AvgIpc) is 2.50. The second-order valence-corrected chi connectivity index (χ2v) is 4.37. The van der Waals surface area contributed by atoms with Crippen LogP contribution in [0.5, 0.6) is 11.6 Å². The van der Waals surface area contributed by atoms with Crippen molar-refractivity contribution in [3.05, 3.63) is 66.1 Å². The van der Waals surface area contributed by atoms with Gasteiger partial charge in [-0.25, -0.2) is 9.37 Å². The molecule has 0 fully saturated rings. The van der Waals surface area contributed by atoms with Gasteiger partial charge in [-0.05, 0) is 29.1 Å². The Balaban J connectivity index is 2.11. The van der Waals surface area contributed by atoms with E-state index in [-0.39, 0.29) is 5.75 Å². The molecule has 0 amide bonds. The number of fused-ring (bicyclic) bond motifs is 1. The lowest BCUT2D eigenvalue weighted by atomic mass is 10.1. The lowest BCUT2D eigenvalue weighted by Gasteiger charge is -2.10. The molecular formula is C16H13FN2O. The molecule has 3 nitrogen and oxygen atoms in total. The van der Waals surface area contributed by atoms with Crippen LogP contribution in [0.15, 0.2) is 54.7 Å². The molecule has 0 atom stereocenters. The van der Waals surface area contributed by atoms with Crippen LogP contribution in [0.3, 0.4) is 0 Å². The second-order valence-electron chi connectivity index (χ2n) is 4.37. The van der Waals surface area contributed by atoms with Gasteiger partial charge >= 0.3 is 0 Å².